The van der Waals surface area contributed by atoms with Crippen molar-refractivity contribution in [1.82, 2.24) is 4.31 Å². The van der Waals surface area contributed by atoms with Crippen LogP contribution in [0.4, 0.5) is 11.4 Å². The molecule has 30 heavy (non-hydrogen) atoms. The van der Waals surface area contributed by atoms with Crippen molar-refractivity contribution >= 4 is 33.2 Å². The molecule has 2 aliphatic heterocycles. The van der Waals surface area contributed by atoms with E-state index in [1.165, 1.54) is 16.4 Å². The third-order valence-electron chi connectivity index (χ3n) is 5.22. The number of hydrogen-bond acceptors (Lipinski definition) is 5. The number of sulfonamides is 1. The summed E-state index contributed by atoms with van der Waals surface area (Å²) in [6, 6.07) is 13.1. The molecule has 2 aromatic carbocycles. The first-order valence-corrected chi connectivity index (χ1v) is 11.3. The molecule has 8 nitrogen and oxygen atoms in total. The van der Waals surface area contributed by atoms with Crippen LogP contribution in [0.2, 0.25) is 0 Å². The molecule has 1 N–H and O–H groups in total. The van der Waals surface area contributed by atoms with Crippen molar-refractivity contribution in [1.29, 1.82) is 0 Å². The van der Waals surface area contributed by atoms with Gasteiger partial charge in [0, 0.05) is 31.6 Å². The average Bonchev–Trinajstić information content (AvgIpc) is 3.20. The van der Waals surface area contributed by atoms with Crippen LogP contribution < -0.4 is 10.2 Å². The maximum absolute atomic E-state index is 12.9. The molecule has 0 saturated carbocycles. The van der Waals surface area contributed by atoms with Gasteiger partial charge in [0.05, 0.1) is 29.5 Å². The van der Waals surface area contributed by atoms with Gasteiger partial charge in [-0.15, -0.1) is 0 Å². The van der Waals surface area contributed by atoms with Gasteiger partial charge < -0.3 is 15.0 Å². The van der Waals surface area contributed by atoms with Gasteiger partial charge in [-0.2, -0.15) is 4.31 Å². The number of amides is 2. The van der Waals surface area contributed by atoms with E-state index in [1.807, 2.05) is 6.07 Å². The van der Waals surface area contributed by atoms with E-state index in [0.717, 1.165) is 6.42 Å². The molecule has 0 bridgehead atoms. The predicted molar refractivity (Wildman–Crippen MR) is 112 cm³/mol. The molecule has 4 rings (SSSR count). The van der Waals surface area contributed by atoms with Gasteiger partial charge in [-0.05, 0) is 36.8 Å². The van der Waals surface area contributed by atoms with E-state index in [4.69, 9.17) is 4.74 Å². The third kappa shape index (κ3) is 4.09. The van der Waals surface area contributed by atoms with Crippen LogP contribution in [-0.4, -0.2) is 57.4 Å². The van der Waals surface area contributed by atoms with Crippen LogP contribution in [0.1, 0.15) is 23.2 Å². The average molecular weight is 429 g/mol. The van der Waals surface area contributed by atoms with Gasteiger partial charge in [-0.3, -0.25) is 9.59 Å². The topological polar surface area (TPSA) is 96.0 Å². The van der Waals surface area contributed by atoms with E-state index in [-0.39, 0.29) is 29.5 Å². The Kier molecular flexibility index (Phi) is 5.85. The first-order chi connectivity index (χ1) is 14.5. The molecule has 2 aliphatic rings. The largest absolute Gasteiger partial charge is 0.379 e. The highest BCUT2D eigenvalue weighted by molar-refractivity contribution is 7.89. The molecule has 2 heterocycles. The minimum atomic E-state index is -3.70. The van der Waals surface area contributed by atoms with Crippen LogP contribution in [0.3, 0.4) is 0 Å². The van der Waals surface area contributed by atoms with E-state index >= 15 is 0 Å². The summed E-state index contributed by atoms with van der Waals surface area (Å²) in [5.41, 5.74) is 1.39. The van der Waals surface area contributed by atoms with E-state index in [2.05, 4.69) is 5.32 Å². The Labute approximate surface area is 175 Å². The molecule has 2 fully saturated rings. The van der Waals surface area contributed by atoms with Crippen molar-refractivity contribution in [3.05, 3.63) is 54.1 Å². The number of nitrogens with one attached hydrogen (secondary N) is 1. The number of benzene rings is 2. The lowest BCUT2D eigenvalue weighted by Crippen LogP contribution is -2.40. The molecule has 158 valence electrons. The number of anilines is 2. The molecule has 2 aromatic rings. The van der Waals surface area contributed by atoms with Crippen LogP contribution in [0.15, 0.2) is 53.4 Å². The highest BCUT2D eigenvalue weighted by Crippen LogP contribution is 2.30. The van der Waals surface area contributed by atoms with E-state index in [0.29, 0.717) is 37.6 Å². The zero-order valence-electron chi connectivity index (χ0n) is 16.4. The Morgan fingerprint density at radius 3 is 2.50 bits per heavy atom. The Bertz CT molecular complexity index is 1060. The van der Waals surface area contributed by atoms with Gasteiger partial charge in [0.2, 0.25) is 15.9 Å². The van der Waals surface area contributed by atoms with Crippen molar-refractivity contribution in [3.8, 4) is 0 Å². The maximum atomic E-state index is 12.9. The van der Waals surface area contributed by atoms with Crippen LogP contribution in [0, 0.1) is 0 Å². The first-order valence-electron chi connectivity index (χ1n) is 9.85. The SMILES string of the molecule is O=C(Nc1ccccc1N1CCCC1=O)c1cccc(S(=O)(=O)N2CCOCC2)c1. The Morgan fingerprint density at radius 1 is 1.00 bits per heavy atom. The molecule has 0 aromatic heterocycles. The quantitative estimate of drug-likeness (QED) is 0.785. The minimum Gasteiger partial charge on any atom is -0.379 e. The van der Waals surface area contributed by atoms with Gasteiger partial charge in [-0.25, -0.2) is 8.42 Å². The number of para-hydroxylation sites is 2. The molecule has 2 amide bonds. The van der Waals surface area contributed by atoms with Gasteiger partial charge in [0.1, 0.15) is 0 Å². The van der Waals surface area contributed by atoms with E-state index < -0.39 is 15.9 Å². The van der Waals surface area contributed by atoms with Crippen molar-refractivity contribution in [2.75, 3.05) is 43.1 Å². The number of carbonyl (C=O) groups excluding carboxylic acids is 2. The molecule has 2 saturated heterocycles. The molecule has 0 aliphatic carbocycles. The first kappa shape index (κ1) is 20.5. The summed E-state index contributed by atoms with van der Waals surface area (Å²) in [5.74, 6) is -0.413. The molecule has 0 unspecified atom stereocenters. The summed E-state index contributed by atoms with van der Waals surface area (Å²) in [4.78, 5) is 26.7. The summed E-state index contributed by atoms with van der Waals surface area (Å²) in [5, 5.41) is 2.82. The van der Waals surface area contributed by atoms with Crippen LogP contribution in [0.25, 0.3) is 0 Å². The lowest BCUT2D eigenvalue weighted by molar-refractivity contribution is -0.117. The van der Waals surface area contributed by atoms with E-state index in [9.17, 15) is 18.0 Å². The number of nitrogens with zero attached hydrogens (tertiary/aromatic N) is 2. The summed E-state index contributed by atoms with van der Waals surface area (Å²) in [7, 11) is -3.70. The Morgan fingerprint density at radius 2 is 1.77 bits per heavy atom. The highest BCUT2D eigenvalue weighted by atomic mass is 32.2. The Balaban J connectivity index is 1.57. The predicted octanol–water partition coefficient (Wildman–Crippen LogP) is 2.09. The van der Waals surface area contributed by atoms with Crippen LogP contribution in [0.5, 0.6) is 0 Å². The minimum absolute atomic E-state index is 0.0234. The Hall–Kier alpha value is -2.75. The number of morpholine rings is 1. The summed E-state index contributed by atoms with van der Waals surface area (Å²) in [6.07, 6.45) is 1.27. The molecule has 0 radical (unpaired) electrons. The van der Waals surface area contributed by atoms with E-state index in [1.54, 1.807) is 35.2 Å². The van der Waals surface area contributed by atoms with Gasteiger partial charge in [-0.1, -0.05) is 18.2 Å². The number of hydrogen-bond donors (Lipinski definition) is 1. The fraction of sp³-hybridized carbons (Fsp3) is 0.333. The zero-order chi connectivity index (χ0) is 21.1. The second-order valence-corrected chi connectivity index (χ2v) is 9.10. The lowest BCUT2D eigenvalue weighted by atomic mass is 10.2. The number of carbonyl (C=O) groups is 2. The normalized spacial score (nSPS) is 17.9. The standard InChI is InChI=1S/C21H23N3O5S/c25-20-9-4-10-24(20)19-8-2-1-7-18(19)22-21(26)16-5-3-6-17(15-16)30(27,28)23-11-13-29-14-12-23/h1-3,5-8,15H,4,9-14H2,(H,22,26). The van der Waals surface area contributed by atoms with Crippen LogP contribution in [-0.2, 0) is 19.6 Å². The second-order valence-electron chi connectivity index (χ2n) is 7.16. The molecular formula is C21H23N3O5S. The maximum Gasteiger partial charge on any atom is 0.255 e. The third-order valence-corrected chi connectivity index (χ3v) is 7.12. The van der Waals surface area contributed by atoms with Crippen molar-refractivity contribution in [2.45, 2.75) is 17.7 Å². The summed E-state index contributed by atoms with van der Waals surface area (Å²) < 4.78 is 32.3. The molecular weight excluding hydrogens is 406 g/mol. The molecule has 9 heteroatoms. The fourth-order valence-electron chi connectivity index (χ4n) is 3.65. The molecule has 0 atom stereocenters. The van der Waals surface area contributed by atoms with Gasteiger partial charge >= 0.3 is 0 Å². The summed E-state index contributed by atoms with van der Waals surface area (Å²) >= 11 is 0. The number of rotatable bonds is 5. The second kappa shape index (κ2) is 8.55. The highest BCUT2D eigenvalue weighted by Gasteiger charge is 2.27. The molecule has 0 spiro atoms. The monoisotopic (exact) mass is 429 g/mol. The van der Waals surface area contributed by atoms with Gasteiger partial charge in [0.15, 0.2) is 0 Å². The lowest BCUT2D eigenvalue weighted by Gasteiger charge is -2.26. The smallest absolute Gasteiger partial charge is 0.255 e. The zero-order valence-corrected chi connectivity index (χ0v) is 17.2. The van der Waals surface area contributed by atoms with Crippen LogP contribution >= 0.6 is 0 Å². The summed E-state index contributed by atoms with van der Waals surface area (Å²) in [6.45, 7) is 1.89. The van der Waals surface area contributed by atoms with Crippen molar-refractivity contribution in [3.63, 3.8) is 0 Å². The number of ether oxygens (including phenoxy) is 1. The van der Waals surface area contributed by atoms with Gasteiger partial charge in [0.25, 0.3) is 5.91 Å². The van der Waals surface area contributed by atoms with Crippen molar-refractivity contribution < 1.29 is 22.7 Å². The fourth-order valence-corrected chi connectivity index (χ4v) is 5.10. The van der Waals surface area contributed by atoms with Crippen molar-refractivity contribution in [2.24, 2.45) is 0 Å².